The summed E-state index contributed by atoms with van der Waals surface area (Å²) in [5.41, 5.74) is 0.283. The topological polar surface area (TPSA) is 14.1 Å². The molecule has 0 bridgehead atoms. The van der Waals surface area contributed by atoms with Crippen molar-refractivity contribution in [2.45, 2.75) is 0 Å². The maximum Gasteiger partial charge on any atom is 0.148 e. The first kappa shape index (κ1) is 9.65. The van der Waals surface area contributed by atoms with Crippen LogP contribution in [-0.2, 0) is 0 Å². The van der Waals surface area contributed by atoms with E-state index in [2.05, 4.69) is 5.32 Å². The summed E-state index contributed by atoms with van der Waals surface area (Å²) in [7, 11) is 0. The number of para-hydroxylation sites is 2. The molecule has 0 unspecified atom stereocenters. The van der Waals surface area contributed by atoms with Crippen LogP contribution < -0.4 is 5.32 Å². The van der Waals surface area contributed by atoms with Crippen molar-refractivity contribution in [3.05, 3.63) is 60.2 Å². The predicted octanol–water partition coefficient (Wildman–Crippen LogP) is 3.53. The van der Waals surface area contributed by atoms with E-state index >= 15 is 0 Å². The van der Waals surface area contributed by atoms with Gasteiger partial charge in [-0.3, -0.25) is 0 Å². The Morgan fingerprint density at radius 3 is 1.47 bits per heavy atom. The van der Waals surface area contributed by atoms with Gasteiger partial charge in [-0.25, -0.2) is 14.1 Å². The number of hydrogen-bond acceptors (Lipinski definition) is 0. The van der Waals surface area contributed by atoms with Crippen molar-refractivity contribution in [1.29, 1.82) is 0 Å². The van der Waals surface area contributed by atoms with Gasteiger partial charge >= 0.3 is 0 Å². The summed E-state index contributed by atoms with van der Waals surface area (Å²) in [5, 5.41) is 3.89. The van der Waals surface area contributed by atoms with E-state index in [1.165, 1.54) is 24.3 Å². The Hall–Kier alpha value is -1.90. The number of rotatable bonds is 2. The summed E-state index contributed by atoms with van der Waals surface area (Å²) in [6.07, 6.45) is 0. The second-order valence-corrected chi connectivity index (χ2v) is 3.01. The van der Waals surface area contributed by atoms with Gasteiger partial charge in [-0.15, -0.1) is 0 Å². The first-order valence-corrected chi connectivity index (χ1v) is 4.48. The van der Waals surface area contributed by atoms with Crippen LogP contribution in [0, 0.1) is 11.6 Å². The third-order valence-electron chi connectivity index (χ3n) is 1.95. The summed E-state index contributed by atoms with van der Waals surface area (Å²) in [4.78, 5) is 0. The van der Waals surface area contributed by atoms with E-state index in [-0.39, 0.29) is 11.4 Å². The molecule has 0 spiro atoms. The Morgan fingerprint density at radius 2 is 1.07 bits per heavy atom. The van der Waals surface area contributed by atoms with Gasteiger partial charge < -0.3 is 0 Å². The van der Waals surface area contributed by atoms with Gasteiger partial charge in [0, 0.05) is 0 Å². The van der Waals surface area contributed by atoms with Crippen molar-refractivity contribution in [2.24, 2.45) is 0 Å². The molecule has 15 heavy (non-hydrogen) atoms. The normalized spacial score (nSPS) is 10.0. The van der Waals surface area contributed by atoms with E-state index in [1.54, 1.807) is 24.3 Å². The minimum atomic E-state index is -0.458. The first-order valence-electron chi connectivity index (χ1n) is 4.48. The van der Waals surface area contributed by atoms with Gasteiger partial charge in [0.1, 0.15) is 11.6 Å². The molecule has 0 atom stereocenters. The fraction of sp³-hybridized carbons (Fsp3) is 0. The second kappa shape index (κ2) is 4.09. The largest absolute Gasteiger partial charge is 0.243 e. The zero-order valence-electron chi connectivity index (χ0n) is 7.82. The van der Waals surface area contributed by atoms with Gasteiger partial charge in [0.25, 0.3) is 0 Å². The van der Waals surface area contributed by atoms with E-state index in [9.17, 15) is 8.78 Å². The van der Waals surface area contributed by atoms with Gasteiger partial charge in [0.05, 0.1) is 11.4 Å². The third-order valence-corrected chi connectivity index (χ3v) is 1.95. The second-order valence-electron chi connectivity index (χ2n) is 3.01. The fourth-order valence-electron chi connectivity index (χ4n) is 1.21. The molecule has 0 heterocycles. The van der Waals surface area contributed by atoms with Crippen LogP contribution >= 0.6 is 0 Å². The predicted molar refractivity (Wildman–Crippen MR) is 54.3 cm³/mol. The van der Waals surface area contributed by atoms with E-state index in [4.69, 9.17) is 0 Å². The van der Waals surface area contributed by atoms with Gasteiger partial charge in [-0.1, -0.05) is 24.3 Å². The first-order chi connectivity index (χ1) is 7.27. The maximum absolute atomic E-state index is 13.2. The van der Waals surface area contributed by atoms with E-state index < -0.39 is 11.6 Å². The minimum absolute atomic E-state index is 0.141. The molecule has 1 radical (unpaired) electrons. The number of benzene rings is 2. The lowest BCUT2D eigenvalue weighted by molar-refractivity contribution is 0.612. The lowest BCUT2D eigenvalue weighted by atomic mass is 10.2. The summed E-state index contributed by atoms with van der Waals surface area (Å²) < 4.78 is 26.4. The van der Waals surface area contributed by atoms with Crippen molar-refractivity contribution in [2.75, 3.05) is 0 Å². The highest BCUT2D eigenvalue weighted by molar-refractivity contribution is 5.49. The van der Waals surface area contributed by atoms with Crippen molar-refractivity contribution in [3.63, 3.8) is 0 Å². The van der Waals surface area contributed by atoms with Crippen LogP contribution in [0.3, 0.4) is 0 Å². The molecule has 0 fully saturated rings. The Labute approximate surface area is 86.4 Å². The zero-order chi connectivity index (χ0) is 10.7. The van der Waals surface area contributed by atoms with Gasteiger partial charge in [-0.2, -0.15) is 0 Å². The Bertz CT molecular complexity index is 425. The zero-order valence-corrected chi connectivity index (χ0v) is 7.82. The smallest absolute Gasteiger partial charge is 0.148 e. The van der Waals surface area contributed by atoms with E-state index in [0.29, 0.717) is 0 Å². The SMILES string of the molecule is Fc1ccccc1[N]c1ccccc1F. The molecular weight excluding hydrogens is 196 g/mol. The highest BCUT2D eigenvalue weighted by atomic mass is 19.1. The van der Waals surface area contributed by atoms with Gasteiger partial charge in [-0.05, 0) is 24.3 Å². The highest BCUT2D eigenvalue weighted by Gasteiger charge is 2.06. The Balaban J connectivity index is 2.30. The molecule has 2 rings (SSSR count). The summed E-state index contributed by atoms with van der Waals surface area (Å²) in [5.74, 6) is -0.915. The van der Waals surface area contributed by atoms with Crippen molar-refractivity contribution < 1.29 is 8.78 Å². The van der Waals surface area contributed by atoms with Gasteiger partial charge in [0.15, 0.2) is 0 Å². The van der Waals surface area contributed by atoms with Crippen molar-refractivity contribution in [1.82, 2.24) is 5.32 Å². The van der Waals surface area contributed by atoms with Crippen LogP contribution in [0.5, 0.6) is 0 Å². The van der Waals surface area contributed by atoms with E-state index in [0.717, 1.165) is 0 Å². The molecule has 3 heteroatoms. The minimum Gasteiger partial charge on any atom is -0.243 e. The van der Waals surface area contributed by atoms with Crippen molar-refractivity contribution >= 4 is 11.4 Å². The lowest BCUT2D eigenvalue weighted by Crippen LogP contribution is -1.94. The third kappa shape index (κ3) is 2.13. The highest BCUT2D eigenvalue weighted by Crippen LogP contribution is 2.21. The molecule has 0 aliphatic rings. The molecular formula is C12H8F2N. The maximum atomic E-state index is 13.2. The Kier molecular flexibility index (Phi) is 2.63. The molecule has 0 saturated carbocycles. The van der Waals surface area contributed by atoms with Crippen LogP contribution in [0.25, 0.3) is 0 Å². The number of halogens is 2. The van der Waals surface area contributed by atoms with Crippen LogP contribution in [0.2, 0.25) is 0 Å². The summed E-state index contributed by atoms with van der Waals surface area (Å²) in [6, 6.07) is 12.0. The standard InChI is InChI=1S/C12H8F2N/c13-9-5-1-3-7-11(9)15-12-8-4-2-6-10(12)14/h1-8H. The number of hydrogen-bond donors (Lipinski definition) is 0. The quantitative estimate of drug-likeness (QED) is 0.710. The fourth-order valence-corrected chi connectivity index (χ4v) is 1.21. The molecule has 0 aliphatic carbocycles. The molecule has 0 N–H and O–H groups in total. The number of nitrogens with zero attached hydrogens (tertiary/aromatic N) is 1. The van der Waals surface area contributed by atoms with Crippen LogP contribution in [0.1, 0.15) is 0 Å². The summed E-state index contributed by atoms with van der Waals surface area (Å²) in [6.45, 7) is 0. The molecule has 2 aromatic carbocycles. The molecule has 75 valence electrons. The molecule has 0 amide bonds. The monoisotopic (exact) mass is 204 g/mol. The van der Waals surface area contributed by atoms with Crippen LogP contribution in [0.4, 0.5) is 20.2 Å². The molecule has 0 saturated heterocycles. The molecule has 1 nitrogen and oxygen atoms in total. The summed E-state index contributed by atoms with van der Waals surface area (Å²) >= 11 is 0. The lowest BCUT2D eigenvalue weighted by Gasteiger charge is -2.04. The average Bonchev–Trinajstić information content (AvgIpc) is 2.24. The molecule has 2 aromatic rings. The Morgan fingerprint density at radius 1 is 0.667 bits per heavy atom. The average molecular weight is 204 g/mol. The van der Waals surface area contributed by atoms with Crippen LogP contribution in [-0.4, -0.2) is 0 Å². The molecule has 0 aliphatic heterocycles. The van der Waals surface area contributed by atoms with Crippen molar-refractivity contribution in [3.8, 4) is 0 Å². The molecule has 0 aromatic heterocycles. The van der Waals surface area contributed by atoms with E-state index in [1.807, 2.05) is 0 Å². The van der Waals surface area contributed by atoms with Crippen LogP contribution in [0.15, 0.2) is 48.5 Å². The van der Waals surface area contributed by atoms with Gasteiger partial charge in [0.2, 0.25) is 0 Å².